The van der Waals surface area contributed by atoms with Crippen LogP contribution in [0.15, 0.2) is 53.3 Å². The summed E-state index contributed by atoms with van der Waals surface area (Å²) in [5, 5.41) is 2.97. The number of nitrogens with one attached hydrogen (secondary N) is 1. The zero-order valence-corrected chi connectivity index (χ0v) is 18.5. The van der Waals surface area contributed by atoms with E-state index in [1.807, 2.05) is 43.3 Å². The molecule has 31 heavy (non-hydrogen) atoms. The molecule has 2 heterocycles. The fourth-order valence-electron chi connectivity index (χ4n) is 4.55. The van der Waals surface area contributed by atoms with Crippen molar-refractivity contribution in [3.63, 3.8) is 0 Å². The predicted molar refractivity (Wildman–Crippen MR) is 125 cm³/mol. The molecule has 0 saturated carbocycles. The van der Waals surface area contributed by atoms with Crippen LogP contribution in [0, 0.1) is 0 Å². The van der Waals surface area contributed by atoms with E-state index in [1.165, 1.54) is 24.8 Å². The number of hydrogen-bond acceptors (Lipinski definition) is 3. The van der Waals surface area contributed by atoms with Crippen molar-refractivity contribution < 1.29 is 4.79 Å². The lowest BCUT2D eigenvalue weighted by Crippen LogP contribution is -2.36. The van der Waals surface area contributed by atoms with Crippen molar-refractivity contribution in [1.29, 1.82) is 0 Å². The molecule has 1 atom stereocenters. The molecule has 1 fully saturated rings. The maximum Gasteiger partial charge on any atom is 0.329 e. The number of carbonyl (C=O) groups excluding carboxylic acids is 1. The van der Waals surface area contributed by atoms with Crippen LogP contribution in [-0.2, 0) is 24.4 Å². The Bertz CT molecular complexity index is 1100. The van der Waals surface area contributed by atoms with Gasteiger partial charge < -0.3 is 5.32 Å². The van der Waals surface area contributed by atoms with Crippen LogP contribution in [-0.4, -0.2) is 32.5 Å². The van der Waals surface area contributed by atoms with E-state index in [1.54, 1.807) is 9.13 Å². The molecule has 2 aromatic carbocycles. The minimum atomic E-state index is -0.0855. The smallest absolute Gasteiger partial charge is 0.326 e. The summed E-state index contributed by atoms with van der Waals surface area (Å²) in [4.78, 5) is 27.7. The van der Waals surface area contributed by atoms with Gasteiger partial charge in [-0.15, -0.1) is 0 Å². The molecule has 1 aromatic heterocycles. The molecule has 0 spiro atoms. The monoisotopic (exact) mass is 420 g/mol. The minimum Gasteiger partial charge on any atom is -0.326 e. The van der Waals surface area contributed by atoms with Gasteiger partial charge in [0.15, 0.2) is 0 Å². The van der Waals surface area contributed by atoms with Crippen LogP contribution in [0.5, 0.6) is 0 Å². The summed E-state index contributed by atoms with van der Waals surface area (Å²) < 4.78 is 3.44. The van der Waals surface area contributed by atoms with E-state index in [0.29, 0.717) is 19.1 Å². The fourth-order valence-corrected chi connectivity index (χ4v) is 4.55. The number of para-hydroxylation sites is 2. The molecule has 1 aliphatic rings. The Hall–Kier alpha value is -2.86. The number of imidazole rings is 1. The number of aromatic nitrogens is 2. The zero-order valence-electron chi connectivity index (χ0n) is 18.5. The Morgan fingerprint density at radius 2 is 1.74 bits per heavy atom. The van der Waals surface area contributed by atoms with E-state index < -0.39 is 0 Å². The SMILES string of the molecule is CCn1c(=O)n(CCC(=O)Nc2ccc(CN3CCCCC3C)cc2)c2ccccc21. The number of likely N-dealkylation sites (tertiary alicyclic amines) is 1. The zero-order chi connectivity index (χ0) is 21.8. The number of rotatable bonds is 7. The largest absolute Gasteiger partial charge is 0.329 e. The summed E-state index contributed by atoms with van der Waals surface area (Å²) in [5.74, 6) is -0.0855. The summed E-state index contributed by atoms with van der Waals surface area (Å²) in [6.07, 6.45) is 4.13. The quantitative estimate of drug-likeness (QED) is 0.622. The topological polar surface area (TPSA) is 59.3 Å². The van der Waals surface area contributed by atoms with Crippen molar-refractivity contribution >= 4 is 22.6 Å². The highest BCUT2D eigenvalue weighted by Crippen LogP contribution is 2.20. The van der Waals surface area contributed by atoms with E-state index >= 15 is 0 Å². The highest BCUT2D eigenvalue weighted by molar-refractivity contribution is 5.90. The van der Waals surface area contributed by atoms with Crippen molar-refractivity contribution in [3.8, 4) is 0 Å². The minimum absolute atomic E-state index is 0.0622. The first-order valence-corrected chi connectivity index (χ1v) is 11.4. The number of hydrogen-bond donors (Lipinski definition) is 1. The van der Waals surface area contributed by atoms with Crippen LogP contribution in [0.25, 0.3) is 11.0 Å². The molecular formula is C25H32N4O2. The van der Waals surface area contributed by atoms with E-state index in [4.69, 9.17) is 0 Å². The summed E-state index contributed by atoms with van der Waals surface area (Å²) in [6, 6.07) is 16.5. The molecule has 1 aliphatic heterocycles. The second kappa shape index (κ2) is 9.52. The normalized spacial score (nSPS) is 17.2. The Morgan fingerprint density at radius 3 is 2.42 bits per heavy atom. The second-order valence-corrected chi connectivity index (χ2v) is 8.48. The maximum atomic E-state index is 12.7. The van der Waals surface area contributed by atoms with Crippen molar-refractivity contribution in [3.05, 3.63) is 64.6 Å². The standard InChI is InChI=1S/C25H32N4O2/c1-3-28-22-9-4-5-10-23(22)29(25(28)31)17-15-24(30)26-21-13-11-20(12-14-21)18-27-16-7-6-8-19(27)2/h4-5,9-14,19H,3,6-8,15-18H2,1-2H3,(H,26,30). The molecule has 1 saturated heterocycles. The lowest BCUT2D eigenvalue weighted by molar-refractivity contribution is -0.116. The van der Waals surface area contributed by atoms with Gasteiger partial charge in [0, 0.05) is 37.8 Å². The van der Waals surface area contributed by atoms with Gasteiger partial charge in [-0.25, -0.2) is 4.79 Å². The molecular weight excluding hydrogens is 388 g/mol. The average Bonchev–Trinajstić information content (AvgIpc) is 3.05. The number of anilines is 1. The maximum absolute atomic E-state index is 12.7. The fraction of sp³-hybridized carbons (Fsp3) is 0.440. The number of piperidine rings is 1. The first-order chi connectivity index (χ1) is 15.1. The van der Waals surface area contributed by atoms with Crippen LogP contribution in [0.2, 0.25) is 0 Å². The van der Waals surface area contributed by atoms with Gasteiger partial charge in [-0.05, 0) is 63.1 Å². The van der Waals surface area contributed by atoms with E-state index in [-0.39, 0.29) is 18.0 Å². The van der Waals surface area contributed by atoms with Crippen LogP contribution >= 0.6 is 0 Å². The lowest BCUT2D eigenvalue weighted by atomic mass is 10.0. The van der Waals surface area contributed by atoms with Crippen LogP contribution in [0.3, 0.4) is 0 Å². The number of benzene rings is 2. The van der Waals surface area contributed by atoms with Crippen LogP contribution in [0.4, 0.5) is 5.69 Å². The third-order valence-electron chi connectivity index (χ3n) is 6.37. The Labute approximate surface area is 183 Å². The van der Waals surface area contributed by atoms with Gasteiger partial charge in [-0.1, -0.05) is 30.7 Å². The number of amides is 1. The Morgan fingerprint density at radius 1 is 1.03 bits per heavy atom. The molecule has 1 unspecified atom stereocenters. The second-order valence-electron chi connectivity index (χ2n) is 8.48. The van der Waals surface area contributed by atoms with Gasteiger partial charge in [-0.3, -0.25) is 18.8 Å². The number of carbonyl (C=O) groups is 1. The molecule has 164 valence electrons. The number of nitrogens with zero attached hydrogens (tertiary/aromatic N) is 3. The van der Waals surface area contributed by atoms with Gasteiger partial charge in [-0.2, -0.15) is 0 Å². The van der Waals surface area contributed by atoms with Gasteiger partial charge in [0.1, 0.15) is 0 Å². The van der Waals surface area contributed by atoms with E-state index in [9.17, 15) is 9.59 Å². The number of fused-ring (bicyclic) bond motifs is 1. The predicted octanol–water partition coefficient (Wildman–Crippen LogP) is 4.23. The third-order valence-corrected chi connectivity index (χ3v) is 6.37. The summed E-state index contributed by atoms with van der Waals surface area (Å²) in [7, 11) is 0. The van der Waals surface area contributed by atoms with E-state index in [0.717, 1.165) is 29.8 Å². The van der Waals surface area contributed by atoms with Crippen molar-refractivity contribution in [1.82, 2.24) is 14.0 Å². The summed E-state index contributed by atoms with van der Waals surface area (Å²) in [6.45, 7) is 7.36. The third kappa shape index (κ3) is 4.74. The number of aryl methyl sites for hydroxylation is 2. The molecule has 0 aliphatic carbocycles. The van der Waals surface area contributed by atoms with Crippen molar-refractivity contribution in [2.75, 3.05) is 11.9 Å². The molecule has 6 nitrogen and oxygen atoms in total. The molecule has 1 N–H and O–H groups in total. The average molecular weight is 421 g/mol. The van der Waals surface area contributed by atoms with Crippen molar-refractivity contribution in [2.24, 2.45) is 0 Å². The molecule has 4 rings (SSSR count). The summed E-state index contributed by atoms with van der Waals surface area (Å²) >= 11 is 0. The molecule has 3 aromatic rings. The Kier molecular flexibility index (Phi) is 6.56. The highest BCUT2D eigenvalue weighted by Gasteiger charge is 2.18. The van der Waals surface area contributed by atoms with Gasteiger partial charge >= 0.3 is 5.69 Å². The lowest BCUT2D eigenvalue weighted by Gasteiger charge is -2.33. The van der Waals surface area contributed by atoms with Crippen LogP contribution in [0.1, 0.15) is 45.1 Å². The van der Waals surface area contributed by atoms with Gasteiger partial charge in [0.05, 0.1) is 11.0 Å². The Balaban J connectivity index is 1.36. The van der Waals surface area contributed by atoms with Gasteiger partial charge in [0.25, 0.3) is 0 Å². The molecule has 1 amide bonds. The first kappa shape index (κ1) is 21.4. The molecule has 0 bridgehead atoms. The van der Waals surface area contributed by atoms with Crippen LogP contribution < -0.4 is 11.0 Å². The molecule has 6 heteroatoms. The first-order valence-electron chi connectivity index (χ1n) is 11.4. The van der Waals surface area contributed by atoms with Crippen molar-refractivity contribution in [2.45, 2.75) is 65.2 Å². The molecule has 0 radical (unpaired) electrons. The highest BCUT2D eigenvalue weighted by atomic mass is 16.2. The van der Waals surface area contributed by atoms with E-state index in [2.05, 4.69) is 29.3 Å². The summed E-state index contributed by atoms with van der Waals surface area (Å²) in [5.41, 5.74) is 3.79. The van der Waals surface area contributed by atoms with Gasteiger partial charge in [0.2, 0.25) is 5.91 Å².